The maximum atomic E-state index is 14.1. The van der Waals surface area contributed by atoms with Crippen molar-refractivity contribution in [3.05, 3.63) is 145 Å². The van der Waals surface area contributed by atoms with Gasteiger partial charge in [-0.15, -0.1) is 16.9 Å². The molecule has 1 heterocycles. The summed E-state index contributed by atoms with van der Waals surface area (Å²) in [5, 5.41) is 46.1. The Morgan fingerprint density at radius 1 is 0.695 bits per heavy atom. The Balaban J connectivity index is 0.000000250. The van der Waals surface area contributed by atoms with E-state index in [9.17, 15) is 34.2 Å². The minimum absolute atomic E-state index is 0.106. The number of carbonyl (C=O) groups is 5. The highest BCUT2D eigenvalue weighted by molar-refractivity contribution is 8.00. The summed E-state index contributed by atoms with van der Waals surface area (Å²) < 4.78 is 21.9. The highest BCUT2D eigenvalue weighted by atomic mass is 32.2. The van der Waals surface area contributed by atoms with Crippen molar-refractivity contribution in [2.75, 3.05) is 48.7 Å². The third-order valence-electron chi connectivity index (χ3n) is 13.2. The monoisotopic (exact) mass is 1140 g/mol. The van der Waals surface area contributed by atoms with E-state index in [-0.39, 0.29) is 35.7 Å². The Kier molecular flexibility index (Phi) is 24.2. The molecule has 18 nitrogen and oxygen atoms in total. The Bertz CT molecular complexity index is 3430. The van der Waals surface area contributed by atoms with Gasteiger partial charge in [-0.2, -0.15) is 4.68 Å². The lowest BCUT2D eigenvalue weighted by Crippen LogP contribution is -2.36. The van der Waals surface area contributed by atoms with Crippen LogP contribution in [0.3, 0.4) is 0 Å². The van der Waals surface area contributed by atoms with Crippen LogP contribution < -0.4 is 29.7 Å². The van der Waals surface area contributed by atoms with Crippen LogP contribution in [0, 0.1) is 6.92 Å². The minimum atomic E-state index is -0.870. The number of thioether (sulfide) groups is 1. The zero-order chi connectivity index (χ0) is 59.0. The second kappa shape index (κ2) is 31.8. The van der Waals surface area contributed by atoms with Gasteiger partial charge >= 0.3 is 24.1 Å². The highest BCUT2D eigenvalue weighted by Gasteiger charge is 2.25. The van der Waals surface area contributed by atoms with Gasteiger partial charge in [0.2, 0.25) is 0 Å². The Morgan fingerprint density at radius 3 is 2.04 bits per heavy atom. The fraction of sp³-hybridized carbons (Fsp3) is 0.317. The number of hydrogen-bond donors (Lipinski definition) is 5. The van der Waals surface area contributed by atoms with E-state index < -0.39 is 23.2 Å². The number of phenols is 2. The Labute approximate surface area is 481 Å². The van der Waals surface area contributed by atoms with Crippen LogP contribution in [-0.4, -0.2) is 98.7 Å². The van der Waals surface area contributed by atoms with Crippen molar-refractivity contribution < 1.29 is 58.2 Å². The Hall–Kier alpha value is -8.84. The number of benzene rings is 7. The number of carboxylic acid groups (broad SMARTS) is 1. The number of aliphatic carboxylic acids is 1. The molecule has 1 unspecified atom stereocenters. The molecule has 8 aromatic rings. The first-order valence-electron chi connectivity index (χ1n) is 27.3. The summed E-state index contributed by atoms with van der Waals surface area (Å²) in [4.78, 5) is 61.9. The van der Waals surface area contributed by atoms with Crippen LogP contribution in [0.1, 0.15) is 101 Å². The number of esters is 1. The normalized spacial score (nSPS) is 11.1. The van der Waals surface area contributed by atoms with Crippen LogP contribution in [0.2, 0.25) is 0 Å². The standard InChI is InChI=1S/C37H43N5O4.C18H21NO6S.C8H8O2/c1-3-4-5-6-7-8-9-10-11-16-26-41(37(45)42-33-21-14-12-19-30(33)39-40-42)32-22-17-18-28-27(32)24-25-29(35(28)43)36(44)38-31-20-13-15-23-34(31)46-2;1-10-9-14(25-7-8-26-11(2)17(21)22)15-12(16(10)20)5-4-6-13(15)19-18(23)24-3;1-7(9)10-8-5-3-2-4-6-8/h12-15,17-25,43H,3-11,16,26H2,1-2H3,(H,38,44);4-6,9,11,20H,7-8H2,1-3H3,(H,19,23)(H,21,22);2-6H,1H3. The van der Waals surface area contributed by atoms with Crippen LogP contribution >= 0.6 is 11.8 Å². The molecule has 0 aliphatic carbocycles. The number of phenolic OH excluding ortho intramolecular Hbond substituents is 2. The first-order valence-corrected chi connectivity index (χ1v) is 28.3. The lowest BCUT2D eigenvalue weighted by atomic mass is 10.0. The fourth-order valence-corrected chi connectivity index (χ4v) is 9.60. The van der Waals surface area contributed by atoms with Gasteiger partial charge in [0.05, 0.1) is 59.6 Å². The van der Waals surface area contributed by atoms with Crippen LogP contribution in [-0.2, 0) is 14.3 Å². The van der Waals surface area contributed by atoms with Crippen molar-refractivity contribution in [1.82, 2.24) is 15.0 Å². The number of nitrogens with zero attached hydrogens (tertiary/aromatic N) is 4. The number of hydrogen-bond acceptors (Lipinski definition) is 14. The van der Waals surface area contributed by atoms with Crippen LogP contribution in [0.25, 0.3) is 32.6 Å². The predicted octanol–water partition coefficient (Wildman–Crippen LogP) is 14.2. The van der Waals surface area contributed by atoms with Gasteiger partial charge in [0.15, 0.2) is 0 Å². The maximum absolute atomic E-state index is 14.1. The van der Waals surface area contributed by atoms with Gasteiger partial charge in [-0.25, -0.2) is 9.59 Å². The summed E-state index contributed by atoms with van der Waals surface area (Å²) in [5.74, 6) is 0.403. The number of methoxy groups -OCH3 is 2. The summed E-state index contributed by atoms with van der Waals surface area (Å²) in [7, 11) is 2.80. The molecule has 0 saturated heterocycles. The third-order valence-corrected chi connectivity index (χ3v) is 14.3. The molecule has 19 heteroatoms. The van der Waals surface area contributed by atoms with Gasteiger partial charge < -0.3 is 39.6 Å². The number of para-hydroxylation sites is 4. The molecule has 1 aromatic heterocycles. The number of unbranched alkanes of at least 4 members (excludes halogenated alkanes) is 9. The highest BCUT2D eigenvalue weighted by Crippen LogP contribution is 2.41. The van der Waals surface area contributed by atoms with Crippen LogP contribution in [0.5, 0.6) is 28.7 Å². The zero-order valence-electron chi connectivity index (χ0n) is 47.2. The molecule has 0 aliphatic rings. The summed E-state index contributed by atoms with van der Waals surface area (Å²) in [6.07, 6.45) is 11.2. The predicted molar refractivity (Wildman–Crippen MR) is 323 cm³/mol. The van der Waals surface area contributed by atoms with Crippen molar-refractivity contribution >= 4 is 91.4 Å². The summed E-state index contributed by atoms with van der Waals surface area (Å²) in [5.41, 5.74) is 3.59. The fourth-order valence-electron chi connectivity index (χ4n) is 8.93. The first kappa shape index (κ1) is 62.4. The lowest BCUT2D eigenvalue weighted by Gasteiger charge is -2.24. The lowest BCUT2D eigenvalue weighted by molar-refractivity contribution is -0.136. The van der Waals surface area contributed by atoms with E-state index in [2.05, 4.69) is 32.6 Å². The average molecular weight is 1140 g/mol. The number of aromatic nitrogens is 3. The molecule has 0 radical (unpaired) electrons. The molecule has 5 N–H and O–H groups in total. The summed E-state index contributed by atoms with van der Waals surface area (Å²) in [6, 6.07) is 38.7. The van der Waals surface area contributed by atoms with Gasteiger partial charge in [-0.1, -0.05) is 143 Å². The molecule has 0 spiro atoms. The number of fused-ring (bicyclic) bond motifs is 3. The average Bonchev–Trinajstić information content (AvgIpc) is 4.08. The number of anilines is 3. The van der Waals surface area contributed by atoms with Gasteiger partial charge in [0.25, 0.3) is 5.91 Å². The second-order valence-electron chi connectivity index (χ2n) is 19.1. The number of aryl methyl sites for hydroxylation is 1. The number of aromatic hydroxyl groups is 2. The largest absolute Gasteiger partial charge is 0.507 e. The number of carboxylic acids is 1. The van der Waals surface area contributed by atoms with E-state index in [1.165, 1.54) is 82.5 Å². The molecule has 1 atom stereocenters. The van der Waals surface area contributed by atoms with Crippen molar-refractivity contribution in [2.24, 2.45) is 0 Å². The zero-order valence-corrected chi connectivity index (χ0v) is 48.0. The number of carbonyl (C=O) groups excluding carboxylic acids is 4. The van der Waals surface area contributed by atoms with E-state index in [0.29, 0.717) is 84.8 Å². The molecule has 0 saturated carbocycles. The Morgan fingerprint density at radius 2 is 1.34 bits per heavy atom. The summed E-state index contributed by atoms with van der Waals surface area (Å²) >= 11 is 1.27. The van der Waals surface area contributed by atoms with Crippen molar-refractivity contribution in [3.63, 3.8) is 0 Å². The molecule has 0 bridgehead atoms. The van der Waals surface area contributed by atoms with Gasteiger partial charge in [-0.05, 0) is 86.5 Å². The van der Waals surface area contributed by atoms with E-state index in [1.54, 1.807) is 97.6 Å². The van der Waals surface area contributed by atoms with E-state index in [1.807, 2.05) is 54.6 Å². The third kappa shape index (κ3) is 17.3. The van der Waals surface area contributed by atoms with Crippen molar-refractivity contribution in [2.45, 2.75) is 97.2 Å². The topological polar surface area (TPSA) is 241 Å². The minimum Gasteiger partial charge on any atom is -0.507 e. The van der Waals surface area contributed by atoms with Crippen molar-refractivity contribution in [3.8, 4) is 28.7 Å². The second-order valence-corrected chi connectivity index (χ2v) is 20.5. The van der Waals surface area contributed by atoms with Gasteiger partial charge in [0.1, 0.15) is 34.3 Å². The maximum Gasteiger partial charge on any atom is 0.411 e. The first-order chi connectivity index (χ1) is 39.7. The summed E-state index contributed by atoms with van der Waals surface area (Å²) in [6.45, 7) is 7.75. The number of amides is 3. The smallest absolute Gasteiger partial charge is 0.411 e. The molecule has 8 rings (SSSR count). The van der Waals surface area contributed by atoms with Crippen molar-refractivity contribution in [1.29, 1.82) is 0 Å². The van der Waals surface area contributed by atoms with E-state index in [0.717, 1.165) is 19.3 Å². The number of ether oxygens (including phenoxy) is 4. The van der Waals surface area contributed by atoms with Crippen LogP contribution in [0.4, 0.5) is 26.7 Å². The molecule has 432 valence electrons. The molecule has 0 fully saturated rings. The van der Waals surface area contributed by atoms with E-state index in [4.69, 9.17) is 19.3 Å². The number of rotatable bonds is 23. The molecular weight excluding hydrogens is 1060 g/mol. The van der Waals surface area contributed by atoms with Gasteiger partial charge in [-0.3, -0.25) is 24.6 Å². The molecule has 7 aromatic carbocycles. The van der Waals surface area contributed by atoms with Crippen LogP contribution in [0.15, 0.2) is 133 Å². The van der Waals surface area contributed by atoms with E-state index >= 15 is 0 Å². The quantitative estimate of drug-likeness (QED) is 0.0227. The molecular formula is C63H72N6O12S. The van der Waals surface area contributed by atoms with Gasteiger partial charge in [0, 0.05) is 35.4 Å². The molecule has 3 amide bonds. The molecule has 82 heavy (non-hydrogen) atoms. The number of nitrogens with one attached hydrogen (secondary N) is 2. The molecule has 0 aliphatic heterocycles. The SMILES string of the molecule is CC(=O)Oc1ccccc1.CCCCCCCCCCCCN(C(=O)n1nnc2ccccc21)c1cccc2c(O)c(C(=O)Nc3ccccc3OC)ccc12.COC(=O)Nc1cccc2c(O)c(C)cc(OCCSC(C)C(=O)O)c12.